The highest BCUT2D eigenvalue weighted by atomic mass is 16.5. The lowest BCUT2D eigenvalue weighted by molar-refractivity contribution is 0.0486. The third kappa shape index (κ3) is 5.28. The van der Waals surface area contributed by atoms with Crippen molar-refractivity contribution in [1.29, 1.82) is 0 Å². The van der Waals surface area contributed by atoms with E-state index in [1.54, 1.807) is 21.3 Å². The molecule has 0 amide bonds. The van der Waals surface area contributed by atoms with Crippen LogP contribution in [0.3, 0.4) is 0 Å². The number of rotatable bonds is 10. The SMILES string of the molecule is COCCN(C(C)COC)C(CN)c1cccc(OC)c1. The predicted octanol–water partition coefficient (Wildman–Crippen LogP) is 1.68. The number of methoxy groups -OCH3 is 3. The van der Waals surface area contributed by atoms with Gasteiger partial charge in [0.25, 0.3) is 0 Å². The molecule has 0 saturated heterocycles. The van der Waals surface area contributed by atoms with E-state index in [-0.39, 0.29) is 12.1 Å². The van der Waals surface area contributed by atoms with Crippen LogP contribution in [0.15, 0.2) is 24.3 Å². The van der Waals surface area contributed by atoms with Crippen LogP contribution < -0.4 is 10.5 Å². The summed E-state index contributed by atoms with van der Waals surface area (Å²) >= 11 is 0. The standard InChI is InChI=1S/C16H28N2O3/c1-13(12-20-3)18(8-9-19-2)16(11-17)14-6-5-7-15(10-14)21-4/h5-7,10,13,16H,8-9,11-12,17H2,1-4H3. The minimum atomic E-state index is 0.111. The van der Waals surface area contributed by atoms with Crippen molar-refractivity contribution >= 4 is 0 Å². The van der Waals surface area contributed by atoms with E-state index in [2.05, 4.69) is 17.9 Å². The second kappa shape index (κ2) is 9.73. The molecule has 0 aliphatic carbocycles. The molecule has 2 atom stereocenters. The van der Waals surface area contributed by atoms with Crippen molar-refractivity contribution in [1.82, 2.24) is 4.90 Å². The number of hydrogen-bond acceptors (Lipinski definition) is 5. The fourth-order valence-corrected chi connectivity index (χ4v) is 2.53. The van der Waals surface area contributed by atoms with Gasteiger partial charge in [-0.1, -0.05) is 12.1 Å². The first-order valence-electron chi connectivity index (χ1n) is 7.25. The van der Waals surface area contributed by atoms with Crippen molar-refractivity contribution in [2.75, 3.05) is 47.6 Å². The zero-order valence-corrected chi connectivity index (χ0v) is 13.5. The Morgan fingerprint density at radius 1 is 1.19 bits per heavy atom. The average Bonchev–Trinajstić information content (AvgIpc) is 2.51. The van der Waals surface area contributed by atoms with Crippen LogP contribution in [0.4, 0.5) is 0 Å². The van der Waals surface area contributed by atoms with Crippen molar-refractivity contribution in [3.63, 3.8) is 0 Å². The van der Waals surface area contributed by atoms with Crippen LogP contribution in [0.25, 0.3) is 0 Å². The van der Waals surface area contributed by atoms with E-state index in [1.165, 1.54) is 0 Å². The molecule has 1 aromatic rings. The molecule has 0 aromatic heterocycles. The highest BCUT2D eigenvalue weighted by Gasteiger charge is 2.24. The Balaban J connectivity index is 2.97. The van der Waals surface area contributed by atoms with E-state index in [0.29, 0.717) is 19.8 Å². The van der Waals surface area contributed by atoms with E-state index in [0.717, 1.165) is 17.9 Å². The van der Waals surface area contributed by atoms with Crippen LogP contribution >= 0.6 is 0 Å². The summed E-state index contributed by atoms with van der Waals surface area (Å²) in [6, 6.07) is 8.42. The van der Waals surface area contributed by atoms with Crippen LogP contribution in [0.1, 0.15) is 18.5 Å². The molecule has 2 unspecified atom stereocenters. The summed E-state index contributed by atoms with van der Waals surface area (Å²) in [6.45, 7) is 4.80. The number of ether oxygens (including phenoxy) is 3. The van der Waals surface area contributed by atoms with Gasteiger partial charge < -0.3 is 19.9 Å². The van der Waals surface area contributed by atoms with Gasteiger partial charge in [-0.2, -0.15) is 0 Å². The lowest BCUT2D eigenvalue weighted by Crippen LogP contribution is -2.43. The Bertz CT molecular complexity index is 401. The van der Waals surface area contributed by atoms with E-state index in [9.17, 15) is 0 Å². The molecule has 2 N–H and O–H groups in total. The fraction of sp³-hybridized carbons (Fsp3) is 0.625. The minimum Gasteiger partial charge on any atom is -0.497 e. The molecule has 120 valence electrons. The molecular weight excluding hydrogens is 268 g/mol. The Morgan fingerprint density at radius 2 is 1.95 bits per heavy atom. The van der Waals surface area contributed by atoms with E-state index in [1.807, 2.05) is 18.2 Å². The third-order valence-electron chi connectivity index (χ3n) is 3.63. The molecule has 0 radical (unpaired) electrons. The zero-order valence-electron chi connectivity index (χ0n) is 13.5. The normalized spacial score (nSPS) is 14.2. The van der Waals surface area contributed by atoms with Crippen LogP contribution in [-0.2, 0) is 9.47 Å². The second-order valence-electron chi connectivity index (χ2n) is 5.06. The van der Waals surface area contributed by atoms with Crippen molar-refractivity contribution < 1.29 is 14.2 Å². The average molecular weight is 296 g/mol. The smallest absolute Gasteiger partial charge is 0.119 e. The number of benzene rings is 1. The molecule has 21 heavy (non-hydrogen) atoms. The van der Waals surface area contributed by atoms with Gasteiger partial charge in [0.2, 0.25) is 0 Å². The van der Waals surface area contributed by atoms with Gasteiger partial charge in [0.1, 0.15) is 5.75 Å². The first-order valence-corrected chi connectivity index (χ1v) is 7.25. The Kier molecular flexibility index (Phi) is 8.30. The van der Waals surface area contributed by atoms with Crippen LogP contribution in [0.5, 0.6) is 5.75 Å². The summed E-state index contributed by atoms with van der Waals surface area (Å²) in [6.07, 6.45) is 0. The highest BCUT2D eigenvalue weighted by molar-refractivity contribution is 5.31. The summed E-state index contributed by atoms with van der Waals surface area (Å²) in [7, 11) is 5.10. The van der Waals surface area contributed by atoms with Gasteiger partial charge in [-0.3, -0.25) is 4.90 Å². The minimum absolute atomic E-state index is 0.111. The Hall–Kier alpha value is -1.14. The van der Waals surface area contributed by atoms with Gasteiger partial charge >= 0.3 is 0 Å². The lowest BCUT2D eigenvalue weighted by atomic mass is 10.0. The first kappa shape index (κ1) is 17.9. The summed E-state index contributed by atoms with van der Waals surface area (Å²) in [5, 5.41) is 0. The molecule has 0 aliphatic rings. The topological polar surface area (TPSA) is 57.0 Å². The van der Waals surface area contributed by atoms with Crippen LogP contribution in [0.2, 0.25) is 0 Å². The maximum absolute atomic E-state index is 6.04. The van der Waals surface area contributed by atoms with Gasteiger partial charge in [-0.15, -0.1) is 0 Å². The van der Waals surface area contributed by atoms with Crippen molar-refractivity contribution in [2.24, 2.45) is 5.73 Å². The number of nitrogens with zero attached hydrogens (tertiary/aromatic N) is 1. The monoisotopic (exact) mass is 296 g/mol. The van der Waals surface area contributed by atoms with Gasteiger partial charge in [0.15, 0.2) is 0 Å². The predicted molar refractivity (Wildman–Crippen MR) is 84.7 cm³/mol. The third-order valence-corrected chi connectivity index (χ3v) is 3.63. The fourth-order valence-electron chi connectivity index (χ4n) is 2.53. The quantitative estimate of drug-likeness (QED) is 0.712. The van der Waals surface area contributed by atoms with E-state index in [4.69, 9.17) is 19.9 Å². The molecule has 1 aromatic carbocycles. The maximum Gasteiger partial charge on any atom is 0.119 e. The largest absolute Gasteiger partial charge is 0.497 e. The number of hydrogen-bond donors (Lipinski definition) is 1. The molecule has 0 fully saturated rings. The maximum atomic E-state index is 6.04. The van der Waals surface area contributed by atoms with Gasteiger partial charge in [0, 0.05) is 39.4 Å². The van der Waals surface area contributed by atoms with Gasteiger partial charge in [-0.05, 0) is 24.6 Å². The Labute approximate surface area is 128 Å². The summed E-state index contributed by atoms with van der Waals surface area (Å²) < 4.78 is 15.8. The molecule has 0 spiro atoms. The Morgan fingerprint density at radius 3 is 2.52 bits per heavy atom. The van der Waals surface area contributed by atoms with Gasteiger partial charge in [-0.25, -0.2) is 0 Å². The lowest BCUT2D eigenvalue weighted by Gasteiger charge is -2.36. The zero-order chi connectivity index (χ0) is 15.7. The number of nitrogens with two attached hydrogens (primary N) is 1. The molecule has 0 aliphatic heterocycles. The summed E-state index contributed by atoms with van der Waals surface area (Å²) in [4.78, 5) is 2.32. The molecular formula is C16H28N2O3. The van der Waals surface area contributed by atoms with Crippen LogP contribution in [-0.4, -0.2) is 58.6 Å². The molecule has 1 rings (SSSR count). The van der Waals surface area contributed by atoms with Crippen molar-refractivity contribution in [3.05, 3.63) is 29.8 Å². The van der Waals surface area contributed by atoms with Gasteiger partial charge in [0.05, 0.1) is 20.3 Å². The van der Waals surface area contributed by atoms with Crippen LogP contribution in [0, 0.1) is 0 Å². The molecule has 0 saturated carbocycles. The highest BCUT2D eigenvalue weighted by Crippen LogP contribution is 2.25. The van der Waals surface area contributed by atoms with Crippen molar-refractivity contribution in [3.8, 4) is 5.75 Å². The second-order valence-corrected chi connectivity index (χ2v) is 5.06. The van der Waals surface area contributed by atoms with E-state index >= 15 is 0 Å². The van der Waals surface area contributed by atoms with Crippen molar-refractivity contribution in [2.45, 2.75) is 19.0 Å². The first-order chi connectivity index (χ1) is 10.2. The summed E-state index contributed by atoms with van der Waals surface area (Å²) in [5.74, 6) is 0.844. The molecule has 5 heteroatoms. The molecule has 0 heterocycles. The molecule has 5 nitrogen and oxygen atoms in total. The van der Waals surface area contributed by atoms with E-state index < -0.39 is 0 Å². The molecule has 0 bridgehead atoms. The summed E-state index contributed by atoms with van der Waals surface area (Å²) in [5.41, 5.74) is 7.19.